The van der Waals surface area contributed by atoms with Gasteiger partial charge in [0.05, 0.1) is 15.5 Å². The maximum Gasteiger partial charge on any atom is 0.406 e. The summed E-state index contributed by atoms with van der Waals surface area (Å²) in [5, 5.41) is 10.3. The summed E-state index contributed by atoms with van der Waals surface area (Å²) in [5.74, 6) is -0.866. The van der Waals surface area contributed by atoms with Crippen molar-refractivity contribution in [3.05, 3.63) is 38.9 Å². The van der Waals surface area contributed by atoms with E-state index in [1.807, 2.05) is 0 Å². The predicted octanol–water partition coefficient (Wildman–Crippen LogP) is 3.42. The van der Waals surface area contributed by atoms with Crippen molar-refractivity contribution in [3.63, 3.8) is 0 Å². The Hall–Kier alpha value is -1.83. The van der Waals surface area contributed by atoms with Gasteiger partial charge >= 0.3 is 6.18 Å². The first-order valence-electron chi connectivity index (χ1n) is 6.00. The molecular weight excluding hydrogens is 313 g/mol. The molecular formula is C12H10ClF3N2O3. The van der Waals surface area contributed by atoms with Gasteiger partial charge in [0.2, 0.25) is 0 Å². The molecule has 0 spiro atoms. The van der Waals surface area contributed by atoms with Crippen LogP contribution in [0.25, 0.3) is 0 Å². The van der Waals surface area contributed by atoms with Gasteiger partial charge in [-0.3, -0.25) is 14.9 Å². The van der Waals surface area contributed by atoms with E-state index in [1.54, 1.807) is 0 Å². The molecule has 0 saturated heterocycles. The maximum atomic E-state index is 12.5. The van der Waals surface area contributed by atoms with Crippen LogP contribution in [0.1, 0.15) is 23.2 Å². The molecule has 0 unspecified atom stereocenters. The van der Waals surface area contributed by atoms with Gasteiger partial charge in [-0.05, 0) is 18.9 Å². The summed E-state index contributed by atoms with van der Waals surface area (Å²) in [7, 11) is 0. The summed E-state index contributed by atoms with van der Waals surface area (Å²) in [6, 6.07) is 2.62. The Bertz CT molecular complexity index is 588. The summed E-state index contributed by atoms with van der Waals surface area (Å²) in [4.78, 5) is 22.8. The summed E-state index contributed by atoms with van der Waals surface area (Å²) in [6.45, 7) is -1.36. The highest BCUT2D eigenvalue weighted by atomic mass is 35.5. The minimum absolute atomic E-state index is 0.168. The van der Waals surface area contributed by atoms with Crippen LogP contribution in [0.4, 0.5) is 18.9 Å². The number of nitro benzene ring substituents is 1. The van der Waals surface area contributed by atoms with Crippen molar-refractivity contribution in [2.45, 2.75) is 25.1 Å². The maximum absolute atomic E-state index is 12.5. The molecule has 1 fully saturated rings. The summed E-state index contributed by atoms with van der Waals surface area (Å²) < 4.78 is 37.6. The quantitative estimate of drug-likeness (QED) is 0.630. The summed E-state index contributed by atoms with van der Waals surface area (Å²) >= 11 is 5.78. The molecule has 0 atom stereocenters. The van der Waals surface area contributed by atoms with Crippen LogP contribution < -0.4 is 0 Å². The number of carbonyl (C=O) groups is 1. The van der Waals surface area contributed by atoms with Crippen LogP contribution in [0.2, 0.25) is 5.02 Å². The topological polar surface area (TPSA) is 63.4 Å². The standard InChI is InChI=1S/C12H10ClF3N2O3/c13-10-5-8(18(20)21)3-4-9(10)11(19)17(7-1-2-7)6-12(14,15)16/h3-5,7H,1-2,6H2. The minimum atomic E-state index is -4.51. The molecule has 2 rings (SSSR count). The molecule has 0 heterocycles. The lowest BCUT2D eigenvalue weighted by molar-refractivity contribution is -0.384. The van der Waals surface area contributed by atoms with Gasteiger partial charge in [-0.15, -0.1) is 0 Å². The highest BCUT2D eigenvalue weighted by Crippen LogP contribution is 2.33. The molecule has 1 aromatic rings. The molecule has 21 heavy (non-hydrogen) atoms. The number of nitrogens with zero attached hydrogens (tertiary/aromatic N) is 2. The van der Waals surface area contributed by atoms with Crippen molar-refractivity contribution in [1.29, 1.82) is 0 Å². The van der Waals surface area contributed by atoms with E-state index in [0.717, 1.165) is 18.2 Å². The molecule has 1 aliphatic carbocycles. The SMILES string of the molecule is O=C(c1ccc([N+](=O)[O-])cc1Cl)N(CC(F)(F)F)C1CC1. The lowest BCUT2D eigenvalue weighted by Crippen LogP contribution is -2.40. The average molecular weight is 323 g/mol. The third-order valence-electron chi connectivity index (χ3n) is 2.99. The van der Waals surface area contributed by atoms with Crippen molar-refractivity contribution in [2.75, 3.05) is 6.54 Å². The van der Waals surface area contributed by atoms with Crippen LogP contribution in [0.5, 0.6) is 0 Å². The molecule has 1 aliphatic rings. The van der Waals surface area contributed by atoms with E-state index < -0.39 is 29.6 Å². The van der Waals surface area contributed by atoms with E-state index in [9.17, 15) is 28.1 Å². The molecule has 5 nitrogen and oxygen atoms in total. The van der Waals surface area contributed by atoms with E-state index in [2.05, 4.69) is 0 Å². The van der Waals surface area contributed by atoms with Gasteiger partial charge in [0, 0.05) is 18.2 Å². The number of non-ortho nitro benzene ring substituents is 1. The number of halogens is 4. The smallest absolute Gasteiger partial charge is 0.327 e. The molecule has 0 bridgehead atoms. The molecule has 0 aliphatic heterocycles. The van der Waals surface area contributed by atoms with E-state index in [-0.39, 0.29) is 16.3 Å². The monoisotopic (exact) mass is 322 g/mol. The fourth-order valence-electron chi connectivity index (χ4n) is 1.89. The fraction of sp³-hybridized carbons (Fsp3) is 0.417. The average Bonchev–Trinajstić information content (AvgIpc) is 3.18. The van der Waals surface area contributed by atoms with E-state index >= 15 is 0 Å². The fourth-order valence-corrected chi connectivity index (χ4v) is 2.15. The minimum Gasteiger partial charge on any atom is -0.327 e. The highest BCUT2D eigenvalue weighted by molar-refractivity contribution is 6.34. The van der Waals surface area contributed by atoms with Crippen LogP contribution in [0.15, 0.2) is 18.2 Å². The number of nitro groups is 1. The second-order valence-electron chi connectivity index (χ2n) is 4.70. The first-order chi connectivity index (χ1) is 9.69. The summed E-state index contributed by atoms with van der Waals surface area (Å²) in [5.41, 5.74) is -0.497. The van der Waals surface area contributed by atoms with Gasteiger partial charge in [0.25, 0.3) is 11.6 Å². The second-order valence-corrected chi connectivity index (χ2v) is 5.11. The third-order valence-corrected chi connectivity index (χ3v) is 3.30. The molecule has 0 aromatic heterocycles. The Labute approximate surface area is 122 Å². The van der Waals surface area contributed by atoms with Crippen molar-refractivity contribution in [2.24, 2.45) is 0 Å². The molecule has 1 aromatic carbocycles. The molecule has 114 valence electrons. The van der Waals surface area contributed by atoms with Crippen LogP contribution in [0.3, 0.4) is 0 Å². The molecule has 1 saturated carbocycles. The van der Waals surface area contributed by atoms with Gasteiger partial charge < -0.3 is 4.90 Å². The Morgan fingerprint density at radius 2 is 2.05 bits per heavy atom. The largest absolute Gasteiger partial charge is 0.406 e. The van der Waals surface area contributed by atoms with Gasteiger partial charge in [0.15, 0.2) is 0 Å². The van der Waals surface area contributed by atoms with E-state index in [4.69, 9.17) is 11.6 Å². The highest BCUT2D eigenvalue weighted by Gasteiger charge is 2.41. The second kappa shape index (κ2) is 5.51. The first kappa shape index (κ1) is 15.6. The zero-order chi connectivity index (χ0) is 15.8. The van der Waals surface area contributed by atoms with Gasteiger partial charge in [0.1, 0.15) is 6.54 Å². The number of amides is 1. The van der Waals surface area contributed by atoms with Crippen LogP contribution in [0, 0.1) is 10.1 Å². The Morgan fingerprint density at radius 3 is 2.48 bits per heavy atom. The lowest BCUT2D eigenvalue weighted by atomic mass is 10.1. The number of carbonyl (C=O) groups excluding carboxylic acids is 1. The van der Waals surface area contributed by atoms with Crippen molar-refractivity contribution in [3.8, 4) is 0 Å². The number of rotatable bonds is 4. The van der Waals surface area contributed by atoms with Crippen LogP contribution >= 0.6 is 11.6 Å². The molecule has 0 radical (unpaired) electrons. The molecule has 0 N–H and O–H groups in total. The number of hydrogen-bond acceptors (Lipinski definition) is 3. The molecule has 9 heteroatoms. The van der Waals surface area contributed by atoms with Crippen molar-refractivity contribution in [1.82, 2.24) is 4.90 Å². The number of benzene rings is 1. The third kappa shape index (κ3) is 3.84. The number of hydrogen-bond donors (Lipinski definition) is 0. The van der Waals surface area contributed by atoms with E-state index in [1.165, 1.54) is 0 Å². The first-order valence-corrected chi connectivity index (χ1v) is 6.38. The van der Waals surface area contributed by atoms with Gasteiger partial charge in [-0.1, -0.05) is 11.6 Å². The van der Waals surface area contributed by atoms with Crippen molar-refractivity contribution < 1.29 is 22.9 Å². The van der Waals surface area contributed by atoms with Crippen molar-refractivity contribution >= 4 is 23.2 Å². The Balaban J connectivity index is 2.27. The number of alkyl halides is 3. The molecule has 1 amide bonds. The zero-order valence-electron chi connectivity index (χ0n) is 10.6. The Morgan fingerprint density at radius 1 is 1.43 bits per heavy atom. The predicted molar refractivity (Wildman–Crippen MR) is 68.2 cm³/mol. The normalized spacial score (nSPS) is 14.9. The van der Waals surface area contributed by atoms with Gasteiger partial charge in [-0.25, -0.2) is 0 Å². The van der Waals surface area contributed by atoms with Crippen LogP contribution in [-0.4, -0.2) is 34.5 Å². The summed E-state index contributed by atoms with van der Waals surface area (Å²) in [6.07, 6.45) is -3.50. The lowest BCUT2D eigenvalue weighted by Gasteiger charge is -2.24. The zero-order valence-corrected chi connectivity index (χ0v) is 11.3. The Kier molecular flexibility index (Phi) is 4.08. The van der Waals surface area contributed by atoms with E-state index in [0.29, 0.717) is 17.7 Å². The van der Waals surface area contributed by atoms with Gasteiger partial charge in [-0.2, -0.15) is 13.2 Å². The van der Waals surface area contributed by atoms with Crippen LogP contribution in [-0.2, 0) is 0 Å².